The first kappa shape index (κ1) is 17.3. The van der Waals surface area contributed by atoms with Crippen molar-refractivity contribution in [2.24, 2.45) is 4.99 Å². The molecule has 0 saturated carbocycles. The van der Waals surface area contributed by atoms with Crippen LogP contribution in [0.25, 0.3) is 0 Å². The van der Waals surface area contributed by atoms with Gasteiger partial charge in [-0.3, -0.25) is 9.98 Å². The number of hydrogen-bond donors (Lipinski definition) is 2. The molecular weight excluding hydrogens is 407 g/mol. The van der Waals surface area contributed by atoms with Crippen molar-refractivity contribution < 1.29 is 9.47 Å². The average molecular weight is 426 g/mol. The lowest BCUT2D eigenvalue weighted by atomic mass is 10.2. The fraction of sp³-hybridized carbons (Fsp3) is 0.250. The standard InChI is InChI=1S/C16H18N4O2.HI/c1-17-16(20-10-13-4-2-3-7-18-13)19-9-12-5-6-14-15(8-12)22-11-21-14;/h2-8H,9-11H2,1H3,(H2,17,19,20);1H. The molecule has 7 heteroatoms. The van der Waals surface area contributed by atoms with Crippen molar-refractivity contribution in [3.8, 4) is 11.5 Å². The van der Waals surface area contributed by atoms with E-state index in [1.165, 1.54) is 0 Å². The number of hydrogen-bond acceptors (Lipinski definition) is 4. The maximum absolute atomic E-state index is 5.37. The monoisotopic (exact) mass is 426 g/mol. The summed E-state index contributed by atoms with van der Waals surface area (Å²) in [6, 6.07) is 11.7. The molecule has 0 spiro atoms. The smallest absolute Gasteiger partial charge is 0.231 e. The molecule has 2 aromatic rings. The molecule has 1 aliphatic heterocycles. The van der Waals surface area contributed by atoms with Gasteiger partial charge < -0.3 is 20.1 Å². The number of halogens is 1. The van der Waals surface area contributed by atoms with E-state index in [-0.39, 0.29) is 24.0 Å². The summed E-state index contributed by atoms with van der Waals surface area (Å²) in [7, 11) is 1.74. The van der Waals surface area contributed by atoms with E-state index in [4.69, 9.17) is 9.47 Å². The van der Waals surface area contributed by atoms with Crippen molar-refractivity contribution in [1.82, 2.24) is 15.6 Å². The number of aliphatic imine (C=N–C) groups is 1. The summed E-state index contributed by atoms with van der Waals surface area (Å²) < 4.78 is 10.7. The topological polar surface area (TPSA) is 67.8 Å². The van der Waals surface area contributed by atoms with Crippen molar-refractivity contribution in [3.63, 3.8) is 0 Å². The highest BCUT2D eigenvalue weighted by Gasteiger charge is 2.13. The molecule has 2 N–H and O–H groups in total. The van der Waals surface area contributed by atoms with Crippen LogP contribution in [0.4, 0.5) is 0 Å². The SMILES string of the molecule is CN=C(NCc1ccc2c(c1)OCO2)NCc1ccccn1.I. The van der Waals surface area contributed by atoms with Crippen LogP contribution in [0, 0.1) is 0 Å². The summed E-state index contributed by atoms with van der Waals surface area (Å²) in [5, 5.41) is 6.49. The van der Waals surface area contributed by atoms with Crippen LogP contribution in [-0.4, -0.2) is 24.8 Å². The molecule has 0 amide bonds. The van der Waals surface area contributed by atoms with Gasteiger partial charge in [0, 0.05) is 19.8 Å². The van der Waals surface area contributed by atoms with E-state index in [0.717, 1.165) is 28.7 Å². The van der Waals surface area contributed by atoms with Gasteiger partial charge in [-0.25, -0.2) is 0 Å². The van der Waals surface area contributed by atoms with E-state index in [9.17, 15) is 0 Å². The minimum atomic E-state index is 0. The molecule has 1 aromatic heterocycles. The molecule has 0 radical (unpaired) electrons. The Morgan fingerprint density at radius 2 is 1.96 bits per heavy atom. The van der Waals surface area contributed by atoms with Crippen molar-refractivity contribution in [2.75, 3.05) is 13.8 Å². The van der Waals surface area contributed by atoms with Crippen molar-refractivity contribution in [3.05, 3.63) is 53.9 Å². The normalized spacial score (nSPS) is 12.5. The van der Waals surface area contributed by atoms with Crippen molar-refractivity contribution in [2.45, 2.75) is 13.1 Å². The van der Waals surface area contributed by atoms with Gasteiger partial charge in [0.25, 0.3) is 0 Å². The Morgan fingerprint density at radius 3 is 2.74 bits per heavy atom. The maximum Gasteiger partial charge on any atom is 0.231 e. The summed E-state index contributed by atoms with van der Waals surface area (Å²) in [5.41, 5.74) is 2.07. The number of nitrogens with zero attached hydrogens (tertiary/aromatic N) is 2. The van der Waals surface area contributed by atoms with Crippen molar-refractivity contribution in [1.29, 1.82) is 0 Å². The van der Waals surface area contributed by atoms with E-state index in [1.807, 2.05) is 36.4 Å². The zero-order chi connectivity index (χ0) is 15.2. The Kier molecular flexibility index (Phi) is 6.45. The predicted molar refractivity (Wildman–Crippen MR) is 99.3 cm³/mol. The number of nitrogens with one attached hydrogen (secondary N) is 2. The molecular formula is C16H19IN4O2. The molecule has 122 valence electrons. The molecule has 2 heterocycles. The van der Waals surface area contributed by atoms with Gasteiger partial charge >= 0.3 is 0 Å². The molecule has 3 rings (SSSR count). The average Bonchev–Trinajstić information content (AvgIpc) is 3.03. The second-order valence-corrected chi connectivity index (χ2v) is 4.79. The quantitative estimate of drug-likeness (QED) is 0.446. The van der Waals surface area contributed by atoms with Crippen LogP contribution in [0.1, 0.15) is 11.3 Å². The second-order valence-electron chi connectivity index (χ2n) is 4.79. The van der Waals surface area contributed by atoms with Gasteiger partial charge in [0.1, 0.15) is 0 Å². The Morgan fingerprint density at radius 1 is 1.13 bits per heavy atom. The Bertz CT molecular complexity index is 664. The van der Waals surface area contributed by atoms with Crippen LogP contribution in [0.2, 0.25) is 0 Å². The van der Waals surface area contributed by atoms with Gasteiger partial charge in [-0.2, -0.15) is 0 Å². The summed E-state index contributed by atoms with van der Waals surface area (Å²) >= 11 is 0. The minimum absolute atomic E-state index is 0. The van der Waals surface area contributed by atoms with E-state index >= 15 is 0 Å². The molecule has 1 aromatic carbocycles. The summed E-state index contributed by atoms with van der Waals surface area (Å²) in [4.78, 5) is 8.47. The van der Waals surface area contributed by atoms with Crippen LogP contribution in [0.5, 0.6) is 11.5 Å². The molecule has 0 bridgehead atoms. The van der Waals surface area contributed by atoms with Gasteiger partial charge in [0.15, 0.2) is 17.5 Å². The Balaban J connectivity index is 0.00000192. The predicted octanol–water partition coefficient (Wildman–Crippen LogP) is 2.29. The fourth-order valence-corrected chi connectivity index (χ4v) is 2.13. The van der Waals surface area contributed by atoms with Crippen LogP contribution >= 0.6 is 24.0 Å². The van der Waals surface area contributed by atoms with E-state index in [0.29, 0.717) is 19.9 Å². The highest BCUT2D eigenvalue weighted by Crippen LogP contribution is 2.32. The lowest BCUT2D eigenvalue weighted by Crippen LogP contribution is -2.36. The van der Waals surface area contributed by atoms with Crippen molar-refractivity contribution >= 4 is 29.9 Å². The van der Waals surface area contributed by atoms with E-state index in [1.54, 1.807) is 13.2 Å². The molecule has 1 aliphatic rings. The number of guanidine groups is 1. The maximum atomic E-state index is 5.37. The largest absolute Gasteiger partial charge is 0.454 e. The molecule has 0 aliphatic carbocycles. The Hall–Kier alpha value is -2.03. The second kappa shape index (κ2) is 8.56. The van der Waals surface area contributed by atoms with Gasteiger partial charge in [-0.05, 0) is 29.8 Å². The number of benzene rings is 1. The lowest BCUT2D eigenvalue weighted by Gasteiger charge is -2.12. The highest BCUT2D eigenvalue weighted by molar-refractivity contribution is 14.0. The summed E-state index contributed by atoms with van der Waals surface area (Å²) in [6.07, 6.45) is 1.78. The third-order valence-corrected chi connectivity index (χ3v) is 3.28. The number of fused-ring (bicyclic) bond motifs is 1. The summed E-state index contributed by atoms with van der Waals surface area (Å²) in [5.74, 6) is 2.31. The van der Waals surface area contributed by atoms with Crippen LogP contribution in [0.3, 0.4) is 0 Å². The lowest BCUT2D eigenvalue weighted by molar-refractivity contribution is 0.174. The zero-order valence-corrected chi connectivity index (χ0v) is 15.1. The molecule has 0 saturated heterocycles. The Labute approximate surface area is 152 Å². The number of pyridine rings is 1. The first-order valence-corrected chi connectivity index (χ1v) is 7.08. The molecule has 6 nitrogen and oxygen atoms in total. The van der Waals surface area contributed by atoms with Crippen LogP contribution in [-0.2, 0) is 13.1 Å². The first-order chi connectivity index (χ1) is 10.8. The number of aromatic nitrogens is 1. The highest BCUT2D eigenvalue weighted by atomic mass is 127. The number of ether oxygens (including phenoxy) is 2. The van der Waals surface area contributed by atoms with E-state index in [2.05, 4.69) is 20.6 Å². The third-order valence-electron chi connectivity index (χ3n) is 3.28. The van der Waals surface area contributed by atoms with Gasteiger partial charge in [-0.15, -0.1) is 24.0 Å². The first-order valence-electron chi connectivity index (χ1n) is 7.08. The molecule has 23 heavy (non-hydrogen) atoms. The third kappa shape index (κ3) is 4.72. The van der Waals surface area contributed by atoms with Gasteiger partial charge in [0.05, 0.1) is 12.2 Å². The van der Waals surface area contributed by atoms with Crippen LogP contribution < -0.4 is 20.1 Å². The molecule has 0 atom stereocenters. The van der Waals surface area contributed by atoms with Gasteiger partial charge in [0.2, 0.25) is 6.79 Å². The zero-order valence-electron chi connectivity index (χ0n) is 12.8. The minimum Gasteiger partial charge on any atom is -0.454 e. The van der Waals surface area contributed by atoms with E-state index < -0.39 is 0 Å². The summed E-state index contributed by atoms with van der Waals surface area (Å²) in [6.45, 7) is 1.57. The number of rotatable bonds is 4. The molecule has 0 unspecified atom stereocenters. The van der Waals surface area contributed by atoms with Gasteiger partial charge in [-0.1, -0.05) is 12.1 Å². The molecule has 0 fully saturated rings. The van der Waals surface area contributed by atoms with Crippen LogP contribution in [0.15, 0.2) is 47.6 Å². The fourth-order valence-electron chi connectivity index (χ4n) is 2.13.